The molecule has 0 aliphatic heterocycles. The van der Waals surface area contributed by atoms with Crippen molar-refractivity contribution in [1.82, 2.24) is 25.1 Å². The normalized spacial score (nSPS) is 10.2. The van der Waals surface area contributed by atoms with Crippen LogP contribution in [0.1, 0.15) is 0 Å². The van der Waals surface area contributed by atoms with Gasteiger partial charge in [-0.25, -0.2) is 15.0 Å². The van der Waals surface area contributed by atoms with Crippen molar-refractivity contribution in [2.75, 3.05) is 12.8 Å². The molecule has 0 atom stereocenters. The number of nitrogens with two attached hydrogens (primary N) is 1. The molecule has 0 amide bonds. The Morgan fingerprint density at radius 1 is 1.33 bits per heavy atom. The first-order chi connectivity index (χ1) is 7.31. The summed E-state index contributed by atoms with van der Waals surface area (Å²) in [4.78, 5) is 11.8. The van der Waals surface area contributed by atoms with Crippen molar-refractivity contribution in [3.63, 3.8) is 0 Å². The maximum absolute atomic E-state index is 5.63. The highest BCUT2D eigenvalue weighted by atomic mass is 32.2. The minimum Gasteiger partial charge on any atom is -0.490 e. The second-order valence-corrected chi connectivity index (χ2v) is 3.47. The Morgan fingerprint density at radius 3 is 2.87 bits per heavy atom. The van der Waals surface area contributed by atoms with E-state index in [2.05, 4.69) is 25.1 Å². The average molecular weight is 224 g/mol. The van der Waals surface area contributed by atoms with Gasteiger partial charge in [0.15, 0.2) is 21.7 Å². The molecule has 0 saturated heterocycles. The SMILES string of the molecule is COc1c(N)ncnc1Sc1ncn[nH]1. The van der Waals surface area contributed by atoms with Crippen molar-refractivity contribution < 1.29 is 4.74 Å². The molecule has 15 heavy (non-hydrogen) atoms. The van der Waals surface area contributed by atoms with Crippen molar-refractivity contribution >= 4 is 17.6 Å². The number of hydrogen-bond acceptors (Lipinski definition) is 7. The van der Waals surface area contributed by atoms with Crippen molar-refractivity contribution in [2.45, 2.75) is 10.2 Å². The molecule has 2 heterocycles. The van der Waals surface area contributed by atoms with Crippen LogP contribution in [0.4, 0.5) is 5.82 Å². The summed E-state index contributed by atoms with van der Waals surface area (Å²) < 4.78 is 5.09. The lowest BCUT2D eigenvalue weighted by molar-refractivity contribution is 0.401. The number of aromatic amines is 1. The van der Waals surface area contributed by atoms with E-state index < -0.39 is 0 Å². The molecule has 0 saturated carbocycles. The lowest BCUT2D eigenvalue weighted by Gasteiger charge is -2.06. The van der Waals surface area contributed by atoms with Gasteiger partial charge in [-0.2, -0.15) is 5.10 Å². The Bertz CT molecular complexity index is 445. The minimum absolute atomic E-state index is 0.300. The van der Waals surface area contributed by atoms with Gasteiger partial charge in [-0.3, -0.25) is 5.10 Å². The van der Waals surface area contributed by atoms with Crippen LogP contribution in [0.5, 0.6) is 5.75 Å². The number of rotatable bonds is 3. The number of anilines is 1. The van der Waals surface area contributed by atoms with Crippen molar-refractivity contribution in [2.24, 2.45) is 0 Å². The second kappa shape index (κ2) is 4.13. The van der Waals surface area contributed by atoms with Crippen molar-refractivity contribution in [3.8, 4) is 5.75 Å². The third-order valence-electron chi connectivity index (χ3n) is 1.59. The maximum atomic E-state index is 5.63. The van der Waals surface area contributed by atoms with Crippen LogP contribution in [0, 0.1) is 0 Å². The van der Waals surface area contributed by atoms with Gasteiger partial charge >= 0.3 is 0 Å². The summed E-state index contributed by atoms with van der Waals surface area (Å²) in [6, 6.07) is 0. The van der Waals surface area contributed by atoms with E-state index in [4.69, 9.17) is 10.5 Å². The van der Waals surface area contributed by atoms with Crippen LogP contribution in [-0.2, 0) is 0 Å². The van der Waals surface area contributed by atoms with E-state index in [1.54, 1.807) is 0 Å². The van der Waals surface area contributed by atoms with E-state index in [9.17, 15) is 0 Å². The Kier molecular flexibility index (Phi) is 2.68. The first-order valence-corrected chi connectivity index (χ1v) is 4.80. The Labute approximate surface area is 89.5 Å². The van der Waals surface area contributed by atoms with Crippen LogP contribution in [0.25, 0.3) is 0 Å². The highest BCUT2D eigenvalue weighted by Crippen LogP contribution is 2.33. The number of nitrogen functional groups attached to an aromatic ring is 1. The van der Waals surface area contributed by atoms with Gasteiger partial charge < -0.3 is 10.5 Å². The Morgan fingerprint density at radius 2 is 2.20 bits per heavy atom. The fourth-order valence-electron chi connectivity index (χ4n) is 0.970. The average Bonchev–Trinajstić information content (AvgIpc) is 2.71. The quantitative estimate of drug-likeness (QED) is 0.724. The molecule has 7 nitrogen and oxygen atoms in total. The number of nitrogens with zero attached hydrogens (tertiary/aromatic N) is 4. The summed E-state index contributed by atoms with van der Waals surface area (Å²) in [6.07, 6.45) is 2.79. The van der Waals surface area contributed by atoms with Crippen LogP contribution < -0.4 is 10.5 Å². The fourth-order valence-corrected chi connectivity index (χ4v) is 1.73. The van der Waals surface area contributed by atoms with Gasteiger partial charge in [0.2, 0.25) is 0 Å². The molecular weight excluding hydrogens is 216 g/mol. The Balaban J connectivity index is 2.32. The van der Waals surface area contributed by atoms with Crippen LogP contribution in [0.15, 0.2) is 22.8 Å². The monoisotopic (exact) mass is 224 g/mol. The molecular formula is C7H8N6OS. The van der Waals surface area contributed by atoms with E-state index in [0.717, 1.165) is 0 Å². The molecule has 2 aromatic heterocycles. The summed E-state index contributed by atoms with van der Waals surface area (Å²) in [5.41, 5.74) is 5.63. The van der Waals surface area contributed by atoms with Crippen LogP contribution in [0.2, 0.25) is 0 Å². The molecule has 0 bridgehead atoms. The molecule has 78 valence electrons. The summed E-state index contributed by atoms with van der Waals surface area (Å²) >= 11 is 1.27. The zero-order valence-corrected chi connectivity index (χ0v) is 8.65. The number of ether oxygens (including phenoxy) is 1. The summed E-state index contributed by atoms with van der Waals surface area (Å²) in [5, 5.41) is 7.64. The van der Waals surface area contributed by atoms with Gasteiger partial charge in [0.1, 0.15) is 12.7 Å². The third-order valence-corrected chi connectivity index (χ3v) is 2.46. The number of H-pyrrole nitrogens is 1. The molecule has 0 aliphatic rings. The number of nitrogens with one attached hydrogen (secondary N) is 1. The molecule has 2 rings (SSSR count). The molecule has 0 unspecified atom stereocenters. The van der Waals surface area contributed by atoms with Crippen LogP contribution in [0.3, 0.4) is 0 Å². The van der Waals surface area contributed by atoms with Crippen LogP contribution >= 0.6 is 11.8 Å². The molecule has 0 spiro atoms. The van der Waals surface area contributed by atoms with Crippen molar-refractivity contribution in [3.05, 3.63) is 12.7 Å². The fraction of sp³-hybridized carbons (Fsp3) is 0.143. The molecule has 0 fully saturated rings. The number of methoxy groups -OCH3 is 1. The zero-order valence-electron chi connectivity index (χ0n) is 7.84. The van der Waals surface area contributed by atoms with Gasteiger partial charge in [0.25, 0.3) is 0 Å². The third kappa shape index (κ3) is 1.99. The molecule has 0 radical (unpaired) electrons. The lowest BCUT2D eigenvalue weighted by atomic mass is 10.5. The zero-order chi connectivity index (χ0) is 10.7. The summed E-state index contributed by atoms with van der Waals surface area (Å²) in [7, 11) is 1.51. The predicted octanol–water partition coefficient (Wildman–Crippen LogP) is 0.337. The highest BCUT2D eigenvalue weighted by molar-refractivity contribution is 7.99. The first kappa shape index (κ1) is 9.71. The van der Waals surface area contributed by atoms with Gasteiger partial charge in [0.05, 0.1) is 7.11 Å². The van der Waals surface area contributed by atoms with Gasteiger partial charge in [-0.15, -0.1) is 0 Å². The maximum Gasteiger partial charge on any atom is 0.193 e. The van der Waals surface area contributed by atoms with Gasteiger partial charge in [-0.1, -0.05) is 0 Å². The standard InChI is InChI=1S/C7H8N6OS/c1-14-4-5(8)9-2-10-6(4)15-7-11-3-12-13-7/h2-3H,1H3,(H2,8,9,10)(H,11,12,13). The highest BCUT2D eigenvalue weighted by Gasteiger charge is 2.12. The van der Waals surface area contributed by atoms with Crippen LogP contribution in [-0.4, -0.2) is 32.3 Å². The lowest BCUT2D eigenvalue weighted by Crippen LogP contribution is -1.99. The minimum atomic E-state index is 0.300. The van der Waals surface area contributed by atoms with Gasteiger partial charge in [0, 0.05) is 0 Å². The molecule has 3 N–H and O–H groups in total. The largest absolute Gasteiger partial charge is 0.490 e. The molecule has 0 aliphatic carbocycles. The molecule has 0 aromatic carbocycles. The number of aromatic nitrogens is 5. The van der Waals surface area contributed by atoms with E-state index >= 15 is 0 Å². The summed E-state index contributed by atoms with van der Waals surface area (Å²) in [5.74, 6) is 0.744. The topological polar surface area (TPSA) is 103 Å². The first-order valence-electron chi connectivity index (χ1n) is 3.99. The predicted molar refractivity (Wildman–Crippen MR) is 53.5 cm³/mol. The molecule has 2 aromatic rings. The Hall–Kier alpha value is -1.83. The summed E-state index contributed by atoms with van der Waals surface area (Å²) in [6.45, 7) is 0. The van der Waals surface area contributed by atoms with Crippen molar-refractivity contribution in [1.29, 1.82) is 0 Å². The number of hydrogen-bond donors (Lipinski definition) is 2. The van der Waals surface area contributed by atoms with E-state index in [-0.39, 0.29) is 0 Å². The van der Waals surface area contributed by atoms with Gasteiger partial charge in [-0.05, 0) is 11.8 Å². The smallest absolute Gasteiger partial charge is 0.193 e. The molecule has 8 heteroatoms. The van der Waals surface area contributed by atoms with E-state index in [1.165, 1.54) is 31.5 Å². The van der Waals surface area contributed by atoms with E-state index in [1.807, 2.05) is 0 Å². The second-order valence-electron chi connectivity index (χ2n) is 2.49. The van der Waals surface area contributed by atoms with E-state index in [0.29, 0.717) is 21.7 Å².